The van der Waals surface area contributed by atoms with Gasteiger partial charge < -0.3 is 15.4 Å². The van der Waals surface area contributed by atoms with E-state index in [0.29, 0.717) is 22.0 Å². The molecule has 0 bridgehead atoms. The van der Waals surface area contributed by atoms with Crippen molar-refractivity contribution in [1.29, 1.82) is 0 Å². The van der Waals surface area contributed by atoms with E-state index in [0.717, 1.165) is 4.68 Å². The second-order valence-electron chi connectivity index (χ2n) is 5.53. The van der Waals surface area contributed by atoms with Crippen molar-refractivity contribution in [3.8, 4) is 0 Å². The lowest BCUT2D eigenvalue weighted by molar-refractivity contribution is 0.174. The first kappa shape index (κ1) is 18.5. The highest BCUT2D eigenvalue weighted by atomic mass is 35.5. The maximum absolute atomic E-state index is 12.1. The second-order valence-corrected chi connectivity index (χ2v) is 6.34. The van der Waals surface area contributed by atoms with Crippen molar-refractivity contribution < 1.29 is 9.63 Å². The summed E-state index contributed by atoms with van der Waals surface area (Å²) in [6, 6.07) is 6.82. The molecule has 2 heterocycles. The van der Waals surface area contributed by atoms with Gasteiger partial charge in [-0.1, -0.05) is 40.5 Å². The van der Waals surface area contributed by atoms with Gasteiger partial charge in [-0.15, -0.1) is 0 Å². The predicted octanol–water partition coefficient (Wildman–Crippen LogP) is 1.72. The summed E-state index contributed by atoms with van der Waals surface area (Å²) >= 11 is 11.8. The molecule has 0 radical (unpaired) electrons. The van der Waals surface area contributed by atoms with E-state index in [1.165, 1.54) is 6.20 Å². The normalized spacial score (nSPS) is 12.3. The average molecular weight is 396 g/mol. The first-order valence-corrected chi connectivity index (χ1v) is 8.43. The molecule has 0 amide bonds. The van der Waals surface area contributed by atoms with Gasteiger partial charge >= 0.3 is 0 Å². The fraction of sp³-hybridized carbons (Fsp3) is 0.250. The molecule has 0 saturated heterocycles. The van der Waals surface area contributed by atoms with Crippen LogP contribution in [-0.2, 0) is 19.5 Å². The van der Waals surface area contributed by atoms with Crippen molar-refractivity contribution in [2.45, 2.75) is 25.6 Å². The Labute approximate surface area is 158 Å². The lowest BCUT2D eigenvalue weighted by Gasteiger charge is -2.08. The quantitative estimate of drug-likeness (QED) is 0.651. The van der Waals surface area contributed by atoms with Crippen LogP contribution in [0.15, 0.2) is 39.8 Å². The van der Waals surface area contributed by atoms with Gasteiger partial charge in [-0.3, -0.25) is 4.79 Å². The minimum Gasteiger partial charge on any atom is -0.388 e. The maximum atomic E-state index is 12.1. The van der Waals surface area contributed by atoms with E-state index in [-0.39, 0.29) is 30.4 Å². The molecule has 3 rings (SSSR count). The molecule has 0 unspecified atom stereocenters. The van der Waals surface area contributed by atoms with Crippen molar-refractivity contribution in [2.24, 2.45) is 5.73 Å². The number of rotatable bonds is 6. The van der Waals surface area contributed by atoms with Gasteiger partial charge in [0, 0.05) is 23.6 Å². The number of nitrogens with two attached hydrogens (primary N) is 1. The summed E-state index contributed by atoms with van der Waals surface area (Å²) in [4.78, 5) is 16.3. The fourth-order valence-corrected chi connectivity index (χ4v) is 2.64. The molecule has 136 valence electrons. The fourth-order valence-electron chi connectivity index (χ4n) is 2.30. The molecule has 3 aromatic rings. The molecule has 0 saturated carbocycles. The number of aliphatic hydroxyl groups excluding tert-OH is 1. The number of benzene rings is 1. The third-order valence-corrected chi connectivity index (χ3v) is 4.36. The molecule has 0 aliphatic carbocycles. The first-order chi connectivity index (χ1) is 12.5. The number of halogens is 2. The number of nitrogens with zero attached hydrogens (tertiary/aromatic N) is 4. The standard InChI is InChI=1S/C16H15Cl2N5O3/c17-11-3-1-9(2-4-11)12(24)5-13-21-14(26-22-13)8-23-16(25)15(18)10(6-19)7-20-23/h1-4,7,12,24H,5-6,8,19H2/t12-/m0/s1. The van der Waals surface area contributed by atoms with Crippen LogP contribution < -0.4 is 11.3 Å². The Morgan fingerprint density at radius 2 is 2.00 bits per heavy atom. The Morgan fingerprint density at radius 1 is 1.27 bits per heavy atom. The van der Waals surface area contributed by atoms with Crippen molar-refractivity contribution in [3.05, 3.63) is 73.7 Å². The van der Waals surface area contributed by atoms with Gasteiger partial charge in [0.1, 0.15) is 11.6 Å². The summed E-state index contributed by atoms with van der Waals surface area (Å²) in [5.74, 6) is 0.481. The van der Waals surface area contributed by atoms with Crippen LogP contribution in [0.25, 0.3) is 0 Å². The molecule has 0 aliphatic rings. The summed E-state index contributed by atoms with van der Waals surface area (Å²) in [7, 11) is 0. The van der Waals surface area contributed by atoms with Gasteiger partial charge in [0.05, 0.1) is 12.3 Å². The topological polar surface area (TPSA) is 120 Å². The van der Waals surface area contributed by atoms with Crippen LogP contribution >= 0.6 is 23.2 Å². The average Bonchev–Trinajstić information content (AvgIpc) is 3.06. The van der Waals surface area contributed by atoms with E-state index in [2.05, 4.69) is 15.2 Å². The summed E-state index contributed by atoms with van der Waals surface area (Å²) in [6.45, 7) is 0.0860. The molecule has 0 fully saturated rings. The van der Waals surface area contributed by atoms with Crippen molar-refractivity contribution in [2.75, 3.05) is 0 Å². The Morgan fingerprint density at radius 3 is 2.69 bits per heavy atom. The molecule has 2 aromatic heterocycles. The van der Waals surface area contributed by atoms with Gasteiger partial charge in [-0.05, 0) is 17.7 Å². The van der Waals surface area contributed by atoms with Crippen molar-refractivity contribution in [1.82, 2.24) is 19.9 Å². The Kier molecular flexibility index (Phi) is 5.67. The molecule has 3 N–H and O–H groups in total. The highest BCUT2D eigenvalue weighted by Gasteiger charge is 2.16. The van der Waals surface area contributed by atoms with E-state index in [9.17, 15) is 9.90 Å². The molecule has 8 nitrogen and oxygen atoms in total. The lowest BCUT2D eigenvalue weighted by Crippen LogP contribution is -2.25. The molecular weight excluding hydrogens is 381 g/mol. The van der Waals surface area contributed by atoms with Gasteiger partial charge in [-0.2, -0.15) is 10.1 Å². The third-order valence-electron chi connectivity index (χ3n) is 3.70. The summed E-state index contributed by atoms with van der Waals surface area (Å²) in [5, 5.41) is 18.6. The van der Waals surface area contributed by atoms with Gasteiger partial charge in [-0.25, -0.2) is 4.68 Å². The van der Waals surface area contributed by atoms with Crippen molar-refractivity contribution in [3.63, 3.8) is 0 Å². The van der Waals surface area contributed by atoms with Crippen molar-refractivity contribution >= 4 is 23.2 Å². The predicted molar refractivity (Wildman–Crippen MR) is 94.9 cm³/mol. The minimum atomic E-state index is -0.808. The zero-order chi connectivity index (χ0) is 18.7. The monoisotopic (exact) mass is 395 g/mol. The maximum Gasteiger partial charge on any atom is 0.286 e. The lowest BCUT2D eigenvalue weighted by atomic mass is 10.1. The van der Waals surface area contributed by atoms with Crippen LogP contribution in [0.5, 0.6) is 0 Å². The van der Waals surface area contributed by atoms with Crippen LogP contribution in [0.1, 0.15) is 28.9 Å². The van der Waals surface area contributed by atoms with E-state index in [4.69, 9.17) is 33.5 Å². The smallest absolute Gasteiger partial charge is 0.286 e. The molecule has 1 atom stereocenters. The zero-order valence-corrected chi connectivity index (χ0v) is 15.0. The summed E-state index contributed by atoms with van der Waals surface area (Å²) in [5.41, 5.74) is 6.14. The second kappa shape index (κ2) is 7.96. The Balaban J connectivity index is 1.71. The third kappa shape index (κ3) is 4.10. The van der Waals surface area contributed by atoms with Crippen LogP contribution in [0.4, 0.5) is 0 Å². The van der Waals surface area contributed by atoms with Crippen LogP contribution in [0, 0.1) is 0 Å². The van der Waals surface area contributed by atoms with E-state index < -0.39 is 11.7 Å². The molecule has 0 aliphatic heterocycles. The molecule has 26 heavy (non-hydrogen) atoms. The first-order valence-electron chi connectivity index (χ1n) is 7.67. The van der Waals surface area contributed by atoms with Crippen LogP contribution in [-0.4, -0.2) is 25.0 Å². The summed E-state index contributed by atoms with van der Waals surface area (Å²) in [6.07, 6.45) is 0.767. The van der Waals surface area contributed by atoms with Gasteiger partial charge in [0.15, 0.2) is 5.82 Å². The number of hydrogen-bond donors (Lipinski definition) is 2. The van der Waals surface area contributed by atoms with Gasteiger partial charge in [0.25, 0.3) is 5.56 Å². The SMILES string of the molecule is NCc1cnn(Cc2nc(C[C@H](O)c3ccc(Cl)cc3)no2)c(=O)c1Cl. The van der Waals surface area contributed by atoms with E-state index >= 15 is 0 Å². The van der Waals surface area contributed by atoms with Gasteiger partial charge in [0.2, 0.25) is 5.89 Å². The molecule has 0 spiro atoms. The summed E-state index contributed by atoms with van der Waals surface area (Å²) < 4.78 is 6.22. The molecule has 1 aromatic carbocycles. The highest BCUT2D eigenvalue weighted by Crippen LogP contribution is 2.19. The van der Waals surface area contributed by atoms with E-state index in [1.807, 2.05) is 0 Å². The zero-order valence-electron chi connectivity index (χ0n) is 13.5. The minimum absolute atomic E-state index is 0.0143. The van der Waals surface area contributed by atoms with E-state index in [1.54, 1.807) is 24.3 Å². The van der Waals surface area contributed by atoms with Crippen LogP contribution in [0.2, 0.25) is 10.0 Å². The number of aliphatic hydroxyl groups is 1. The van der Waals surface area contributed by atoms with Crippen LogP contribution in [0.3, 0.4) is 0 Å². The Bertz CT molecular complexity index is 955. The number of aromatic nitrogens is 4. The molecular formula is C16H15Cl2N5O3. The Hall–Kier alpha value is -2.26. The largest absolute Gasteiger partial charge is 0.388 e. The highest BCUT2D eigenvalue weighted by molar-refractivity contribution is 6.31. The number of hydrogen-bond acceptors (Lipinski definition) is 7. The molecule has 10 heteroatoms.